The number of hydrogen-bond acceptors (Lipinski definition) is 4. The molecule has 2 rings (SSSR count). The van der Waals surface area contributed by atoms with Gasteiger partial charge in [-0.2, -0.15) is 0 Å². The molecule has 0 bridgehead atoms. The van der Waals surface area contributed by atoms with E-state index < -0.39 is 0 Å². The zero-order valence-corrected chi connectivity index (χ0v) is 17.1. The fourth-order valence-corrected chi connectivity index (χ4v) is 2.69. The second-order valence-corrected chi connectivity index (χ2v) is 6.91. The molecule has 1 aliphatic carbocycles. The highest BCUT2D eigenvalue weighted by atomic mass is 16.5. The number of ether oxygens (including phenoxy) is 3. The summed E-state index contributed by atoms with van der Waals surface area (Å²) < 4.78 is 16.6. The molecular weight excluding hydrogens is 342 g/mol. The van der Waals surface area contributed by atoms with E-state index in [4.69, 9.17) is 14.2 Å². The second kappa shape index (κ2) is 12.7. The zero-order chi connectivity index (χ0) is 19.3. The molecule has 6 nitrogen and oxygen atoms in total. The molecule has 0 spiro atoms. The van der Waals surface area contributed by atoms with E-state index in [-0.39, 0.29) is 0 Å². The minimum Gasteiger partial charge on any atom is -0.379 e. The molecule has 152 valence electrons. The molecule has 6 heteroatoms. The summed E-state index contributed by atoms with van der Waals surface area (Å²) in [5.74, 6) is 1.69. The van der Waals surface area contributed by atoms with Crippen LogP contribution in [0.3, 0.4) is 0 Å². The highest BCUT2D eigenvalue weighted by Gasteiger charge is 2.21. The number of likely N-dealkylation sites (N-methyl/N-ethyl adjacent to an activating group) is 1. The molecule has 0 atom stereocenters. The summed E-state index contributed by atoms with van der Waals surface area (Å²) in [6.45, 7) is 7.79. The zero-order valence-electron chi connectivity index (χ0n) is 17.1. The van der Waals surface area contributed by atoms with Crippen LogP contribution in [-0.4, -0.2) is 64.5 Å². The third kappa shape index (κ3) is 9.22. The quantitative estimate of drug-likeness (QED) is 0.325. The number of aliphatic imine (C=N–C) groups is 1. The summed E-state index contributed by atoms with van der Waals surface area (Å²) in [6, 6.07) is 8.43. The van der Waals surface area contributed by atoms with Gasteiger partial charge in [-0.1, -0.05) is 24.3 Å². The van der Waals surface area contributed by atoms with Gasteiger partial charge < -0.3 is 24.4 Å². The van der Waals surface area contributed by atoms with E-state index in [1.54, 1.807) is 0 Å². The predicted octanol–water partition coefficient (Wildman–Crippen LogP) is 2.67. The molecule has 0 heterocycles. The Morgan fingerprint density at radius 1 is 1.15 bits per heavy atom. The van der Waals surface area contributed by atoms with Crippen LogP contribution in [0.15, 0.2) is 29.3 Å². The van der Waals surface area contributed by atoms with Gasteiger partial charge in [0.15, 0.2) is 5.96 Å². The van der Waals surface area contributed by atoms with Gasteiger partial charge in [-0.15, -0.1) is 0 Å². The van der Waals surface area contributed by atoms with Crippen LogP contribution in [0.4, 0.5) is 0 Å². The largest absolute Gasteiger partial charge is 0.379 e. The van der Waals surface area contributed by atoms with Gasteiger partial charge in [0.25, 0.3) is 0 Å². The smallest absolute Gasteiger partial charge is 0.193 e. The van der Waals surface area contributed by atoms with Crippen LogP contribution in [-0.2, 0) is 27.4 Å². The Morgan fingerprint density at radius 2 is 1.93 bits per heavy atom. The van der Waals surface area contributed by atoms with Crippen LogP contribution in [0.2, 0.25) is 0 Å². The van der Waals surface area contributed by atoms with E-state index in [1.165, 1.54) is 24.0 Å². The average molecular weight is 378 g/mol. The Labute approximate surface area is 163 Å². The molecule has 0 aliphatic heterocycles. The van der Waals surface area contributed by atoms with E-state index >= 15 is 0 Å². The van der Waals surface area contributed by atoms with Gasteiger partial charge >= 0.3 is 0 Å². The molecule has 1 aromatic rings. The maximum atomic E-state index is 5.72. The molecule has 0 radical (unpaired) electrons. The molecule has 27 heavy (non-hydrogen) atoms. The van der Waals surface area contributed by atoms with Gasteiger partial charge in [-0.3, -0.25) is 4.99 Å². The normalized spacial score (nSPS) is 14.4. The summed E-state index contributed by atoms with van der Waals surface area (Å²) in [7, 11) is 3.85. The fraction of sp³-hybridized carbons (Fsp3) is 0.667. The first kappa shape index (κ1) is 21.7. The van der Waals surface area contributed by atoms with Crippen molar-refractivity contribution < 1.29 is 14.2 Å². The molecule has 1 N–H and O–H groups in total. The lowest BCUT2D eigenvalue weighted by Crippen LogP contribution is -2.40. The van der Waals surface area contributed by atoms with Crippen molar-refractivity contribution in [1.29, 1.82) is 0 Å². The van der Waals surface area contributed by atoms with E-state index in [1.807, 2.05) is 21.0 Å². The number of rotatable bonds is 13. The Bertz CT molecular complexity index is 561. The van der Waals surface area contributed by atoms with Gasteiger partial charge in [0.2, 0.25) is 0 Å². The Kier molecular flexibility index (Phi) is 10.2. The third-order valence-electron chi connectivity index (χ3n) is 4.48. The molecule has 0 amide bonds. The number of guanidine groups is 1. The third-order valence-corrected chi connectivity index (χ3v) is 4.48. The first-order valence-electron chi connectivity index (χ1n) is 9.95. The monoisotopic (exact) mass is 377 g/mol. The first-order chi connectivity index (χ1) is 13.2. The molecule has 1 aliphatic rings. The Balaban J connectivity index is 1.68. The molecular formula is C21H35N3O3. The van der Waals surface area contributed by atoms with Gasteiger partial charge in [-0.25, -0.2) is 0 Å². The summed E-state index contributed by atoms with van der Waals surface area (Å²) in [4.78, 5) is 6.47. The van der Waals surface area contributed by atoms with Gasteiger partial charge in [0.05, 0.1) is 26.4 Å². The highest BCUT2D eigenvalue weighted by molar-refractivity contribution is 5.79. The van der Waals surface area contributed by atoms with Crippen LogP contribution in [0, 0.1) is 5.92 Å². The van der Waals surface area contributed by atoms with Crippen molar-refractivity contribution >= 4 is 5.96 Å². The van der Waals surface area contributed by atoms with Gasteiger partial charge in [0.1, 0.15) is 0 Å². The first-order valence-corrected chi connectivity index (χ1v) is 9.95. The van der Waals surface area contributed by atoms with Gasteiger partial charge in [0, 0.05) is 40.4 Å². The van der Waals surface area contributed by atoms with Crippen molar-refractivity contribution in [1.82, 2.24) is 10.2 Å². The highest BCUT2D eigenvalue weighted by Crippen LogP contribution is 2.28. The van der Waals surface area contributed by atoms with Crippen molar-refractivity contribution in [2.45, 2.75) is 32.9 Å². The Hall–Kier alpha value is -1.63. The second-order valence-electron chi connectivity index (χ2n) is 6.91. The van der Waals surface area contributed by atoms with E-state index in [9.17, 15) is 0 Å². The van der Waals surface area contributed by atoms with Crippen LogP contribution in [0.5, 0.6) is 0 Å². The fourth-order valence-electron chi connectivity index (χ4n) is 2.69. The average Bonchev–Trinajstić information content (AvgIpc) is 3.50. The van der Waals surface area contributed by atoms with E-state index in [0.717, 1.165) is 44.8 Å². The van der Waals surface area contributed by atoms with Crippen molar-refractivity contribution in [2.75, 3.05) is 53.7 Å². The van der Waals surface area contributed by atoms with E-state index in [2.05, 4.69) is 39.5 Å². The Morgan fingerprint density at radius 3 is 2.67 bits per heavy atom. The standard InChI is InChI=1S/C21H35N3O3/c1-4-25-12-13-27-17-20-7-5-6-19(14-20)15-23-21(22-2)24(3)10-11-26-16-18-8-9-18/h5-7,14,18H,4,8-13,15-17H2,1-3H3,(H,22,23). The predicted molar refractivity (Wildman–Crippen MR) is 109 cm³/mol. The number of hydrogen-bond donors (Lipinski definition) is 1. The summed E-state index contributed by atoms with van der Waals surface area (Å²) in [5.41, 5.74) is 2.38. The SMILES string of the molecule is CCOCCOCc1cccc(CNC(=NC)N(C)CCOCC2CC2)c1. The molecule has 0 saturated heterocycles. The maximum absolute atomic E-state index is 5.72. The minimum atomic E-state index is 0.605. The summed E-state index contributed by atoms with van der Waals surface area (Å²) >= 11 is 0. The lowest BCUT2D eigenvalue weighted by atomic mass is 10.1. The molecule has 1 fully saturated rings. The lowest BCUT2D eigenvalue weighted by molar-refractivity contribution is 0.0453. The molecule has 1 saturated carbocycles. The molecule has 0 unspecified atom stereocenters. The van der Waals surface area contributed by atoms with Crippen LogP contribution < -0.4 is 5.32 Å². The van der Waals surface area contributed by atoms with Crippen molar-refractivity contribution in [3.8, 4) is 0 Å². The topological polar surface area (TPSA) is 55.3 Å². The maximum Gasteiger partial charge on any atom is 0.193 e. The minimum absolute atomic E-state index is 0.605. The number of nitrogens with one attached hydrogen (secondary N) is 1. The summed E-state index contributed by atoms with van der Waals surface area (Å²) in [5, 5.41) is 3.42. The summed E-state index contributed by atoms with van der Waals surface area (Å²) in [6.07, 6.45) is 2.66. The van der Waals surface area contributed by atoms with Crippen molar-refractivity contribution in [3.05, 3.63) is 35.4 Å². The molecule has 1 aromatic carbocycles. The van der Waals surface area contributed by atoms with Crippen LogP contribution in [0.1, 0.15) is 30.9 Å². The van der Waals surface area contributed by atoms with E-state index in [0.29, 0.717) is 19.8 Å². The van der Waals surface area contributed by atoms with Crippen LogP contribution >= 0.6 is 0 Å². The lowest BCUT2D eigenvalue weighted by Gasteiger charge is -2.22. The number of benzene rings is 1. The molecule has 0 aromatic heterocycles. The van der Waals surface area contributed by atoms with Crippen molar-refractivity contribution in [2.24, 2.45) is 10.9 Å². The number of nitrogens with zero attached hydrogens (tertiary/aromatic N) is 2. The van der Waals surface area contributed by atoms with Gasteiger partial charge in [-0.05, 0) is 36.8 Å². The van der Waals surface area contributed by atoms with Crippen LogP contribution in [0.25, 0.3) is 0 Å². The van der Waals surface area contributed by atoms with Crippen molar-refractivity contribution in [3.63, 3.8) is 0 Å².